The fourth-order valence-corrected chi connectivity index (χ4v) is 4.31. The van der Waals surface area contributed by atoms with Crippen molar-refractivity contribution in [1.82, 2.24) is 9.80 Å². The highest BCUT2D eigenvalue weighted by Crippen LogP contribution is 2.26. The molecule has 2 saturated heterocycles. The van der Waals surface area contributed by atoms with Gasteiger partial charge in [0.2, 0.25) is 0 Å². The van der Waals surface area contributed by atoms with Gasteiger partial charge in [-0.1, -0.05) is 0 Å². The number of β-amino-alcohol motifs (C(OH)–C–C–N with tert-alkyl or cyclic N) is 1. The number of aliphatic hydroxyl groups excluding tert-OH is 2. The number of aliphatic hydroxyl groups is 2. The predicted octanol–water partition coefficient (Wildman–Crippen LogP) is 1.75. The van der Waals surface area contributed by atoms with Crippen molar-refractivity contribution in [3.05, 3.63) is 23.8 Å². The third-order valence-electron chi connectivity index (χ3n) is 6.08. The molecule has 2 heterocycles. The molecule has 3 rings (SSSR count). The summed E-state index contributed by atoms with van der Waals surface area (Å²) in [6.45, 7) is 5.99. The Balaban J connectivity index is 1.53. The lowest BCUT2D eigenvalue weighted by Crippen LogP contribution is -2.41. The second-order valence-corrected chi connectivity index (χ2v) is 8.72. The Morgan fingerprint density at radius 3 is 2.63 bits per heavy atom. The van der Waals surface area contributed by atoms with Crippen LogP contribution in [0.3, 0.4) is 0 Å². The van der Waals surface area contributed by atoms with Crippen LogP contribution in [0, 0.1) is 5.92 Å². The van der Waals surface area contributed by atoms with Gasteiger partial charge in [-0.2, -0.15) is 0 Å². The topological polar surface area (TPSA) is 74.6 Å². The molecule has 2 N–H and O–H groups in total. The quantitative estimate of drug-likeness (QED) is 0.595. The molecule has 7 heteroatoms. The molecule has 0 aliphatic carbocycles. The van der Waals surface area contributed by atoms with E-state index in [1.165, 1.54) is 0 Å². The number of likely N-dealkylation sites (tertiary alicyclic amines) is 1. The number of nitrogens with zero attached hydrogens (tertiary/aromatic N) is 2. The maximum absolute atomic E-state index is 10.4. The second kappa shape index (κ2) is 11.9. The van der Waals surface area contributed by atoms with E-state index in [2.05, 4.69) is 16.8 Å². The SMILES string of the molecule is COc1ccc(OC[C@H](O)CN2CCC(O)CC2)c(CN(C)CC2CCOCC2)c1. The van der Waals surface area contributed by atoms with E-state index in [9.17, 15) is 10.2 Å². The van der Waals surface area contributed by atoms with Gasteiger partial charge in [0.05, 0.1) is 13.2 Å². The summed E-state index contributed by atoms with van der Waals surface area (Å²) in [6.07, 6.45) is 3.02. The summed E-state index contributed by atoms with van der Waals surface area (Å²) in [5.74, 6) is 2.27. The maximum atomic E-state index is 10.4. The average molecular weight is 423 g/mol. The molecule has 0 amide bonds. The lowest BCUT2D eigenvalue weighted by molar-refractivity contribution is 0.0334. The molecule has 2 aliphatic rings. The fraction of sp³-hybridized carbons (Fsp3) is 0.739. The molecule has 0 saturated carbocycles. The van der Waals surface area contributed by atoms with E-state index in [1.54, 1.807) is 7.11 Å². The molecular formula is C23H38N2O5. The van der Waals surface area contributed by atoms with E-state index in [1.807, 2.05) is 18.2 Å². The number of hydrogen-bond acceptors (Lipinski definition) is 7. The van der Waals surface area contributed by atoms with Gasteiger partial charge in [0.1, 0.15) is 24.2 Å². The van der Waals surface area contributed by atoms with Gasteiger partial charge in [0, 0.05) is 51.5 Å². The normalized spacial score (nSPS) is 20.4. The van der Waals surface area contributed by atoms with Crippen LogP contribution in [-0.2, 0) is 11.3 Å². The highest BCUT2D eigenvalue weighted by atomic mass is 16.5. The van der Waals surface area contributed by atoms with E-state index in [0.717, 1.165) is 82.1 Å². The Hall–Kier alpha value is -1.38. The van der Waals surface area contributed by atoms with Crippen molar-refractivity contribution in [2.24, 2.45) is 5.92 Å². The standard InChI is InChI=1S/C23H38N2O5/c1-24(14-18-7-11-29-12-8-18)15-19-13-22(28-2)3-4-23(19)30-17-21(27)16-25-9-5-20(26)6-10-25/h3-4,13,18,20-21,26-27H,5-12,14-17H2,1-2H3/t21-/m1/s1. The Bertz CT molecular complexity index is 630. The van der Waals surface area contributed by atoms with Crippen LogP contribution in [0.5, 0.6) is 11.5 Å². The molecule has 170 valence electrons. The van der Waals surface area contributed by atoms with Crippen molar-refractivity contribution in [3.8, 4) is 11.5 Å². The lowest BCUT2D eigenvalue weighted by atomic mass is 9.99. The number of benzene rings is 1. The summed E-state index contributed by atoms with van der Waals surface area (Å²) in [6, 6.07) is 5.85. The summed E-state index contributed by atoms with van der Waals surface area (Å²) in [5.41, 5.74) is 1.07. The molecule has 1 aromatic rings. The van der Waals surface area contributed by atoms with Gasteiger partial charge in [-0.15, -0.1) is 0 Å². The van der Waals surface area contributed by atoms with Crippen molar-refractivity contribution >= 4 is 0 Å². The van der Waals surface area contributed by atoms with Crippen LogP contribution in [0.2, 0.25) is 0 Å². The first-order chi connectivity index (χ1) is 14.5. The molecule has 2 fully saturated rings. The zero-order valence-electron chi connectivity index (χ0n) is 18.5. The monoisotopic (exact) mass is 422 g/mol. The van der Waals surface area contributed by atoms with Crippen molar-refractivity contribution in [3.63, 3.8) is 0 Å². The van der Waals surface area contributed by atoms with Gasteiger partial charge < -0.3 is 34.2 Å². The van der Waals surface area contributed by atoms with Crippen molar-refractivity contribution in [2.45, 2.75) is 44.4 Å². The van der Waals surface area contributed by atoms with Crippen molar-refractivity contribution in [2.75, 3.05) is 60.2 Å². The molecule has 1 atom stereocenters. The van der Waals surface area contributed by atoms with E-state index in [-0.39, 0.29) is 12.7 Å². The minimum absolute atomic E-state index is 0.199. The third kappa shape index (κ3) is 7.39. The lowest BCUT2D eigenvalue weighted by Gasteiger charge is -2.31. The summed E-state index contributed by atoms with van der Waals surface area (Å²) in [7, 11) is 3.81. The van der Waals surface area contributed by atoms with Crippen LogP contribution in [-0.4, -0.2) is 92.4 Å². The first-order valence-electron chi connectivity index (χ1n) is 11.2. The highest BCUT2D eigenvalue weighted by Gasteiger charge is 2.20. The fourth-order valence-electron chi connectivity index (χ4n) is 4.31. The van der Waals surface area contributed by atoms with E-state index < -0.39 is 6.10 Å². The molecule has 0 radical (unpaired) electrons. The van der Waals surface area contributed by atoms with E-state index in [4.69, 9.17) is 14.2 Å². The second-order valence-electron chi connectivity index (χ2n) is 8.72. The number of ether oxygens (including phenoxy) is 3. The van der Waals surface area contributed by atoms with E-state index in [0.29, 0.717) is 12.5 Å². The minimum Gasteiger partial charge on any atom is -0.497 e. The summed E-state index contributed by atoms with van der Waals surface area (Å²) in [5, 5.41) is 20.1. The van der Waals surface area contributed by atoms with E-state index >= 15 is 0 Å². The number of methoxy groups -OCH3 is 1. The zero-order chi connectivity index (χ0) is 21.3. The molecule has 30 heavy (non-hydrogen) atoms. The van der Waals surface area contributed by atoms with Crippen LogP contribution < -0.4 is 9.47 Å². The smallest absolute Gasteiger partial charge is 0.124 e. The van der Waals surface area contributed by atoms with Gasteiger partial charge in [-0.3, -0.25) is 0 Å². The molecule has 2 aliphatic heterocycles. The van der Waals surface area contributed by atoms with Gasteiger partial charge in [0.25, 0.3) is 0 Å². The first kappa shape index (κ1) is 23.3. The van der Waals surface area contributed by atoms with Crippen LogP contribution in [0.25, 0.3) is 0 Å². The summed E-state index contributed by atoms with van der Waals surface area (Å²) < 4.78 is 16.9. The van der Waals surface area contributed by atoms with Gasteiger partial charge in [0.15, 0.2) is 0 Å². The Morgan fingerprint density at radius 2 is 1.93 bits per heavy atom. The molecule has 7 nitrogen and oxygen atoms in total. The summed E-state index contributed by atoms with van der Waals surface area (Å²) in [4.78, 5) is 4.52. The zero-order valence-corrected chi connectivity index (χ0v) is 18.5. The van der Waals surface area contributed by atoms with Crippen LogP contribution in [0.1, 0.15) is 31.2 Å². The molecule has 1 aromatic carbocycles. The van der Waals surface area contributed by atoms with Crippen molar-refractivity contribution < 1.29 is 24.4 Å². The predicted molar refractivity (Wildman–Crippen MR) is 116 cm³/mol. The van der Waals surface area contributed by atoms with Crippen molar-refractivity contribution in [1.29, 1.82) is 0 Å². The average Bonchev–Trinajstić information content (AvgIpc) is 2.75. The minimum atomic E-state index is -0.560. The van der Waals surface area contributed by atoms with Crippen LogP contribution >= 0.6 is 0 Å². The molecule has 0 unspecified atom stereocenters. The number of hydrogen-bond donors (Lipinski definition) is 2. The molecule has 0 spiro atoms. The van der Waals surface area contributed by atoms with Gasteiger partial charge >= 0.3 is 0 Å². The number of rotatable bonds is 10. The third-order valence-corrected chi connectivity index (χ3v) is 6.08. The number of piperidine rings is 1. The van der Waals surface area contributed by atoms with Crippen LogP contribution in [0.4, 0.5) is 0 Å². The Kier molecular flexibility index (Phi) is 9.21. The van der Waals surface area contributed by atoms with Gasteiger partial charge in [-0.25, -0.2) is 0 Å². The van der Waals surface area contributed by atoms with Crippen LogP contribution in [0.15, 0.2) is 18.2 Å². The Labute approximate surface area is 180 Å². The molecule has 0 aromatic heterocycles. The summed E-state index contributed by atoms with van der Waals surface area (Å²) >= 11 is 0. The Morgan fingerprint density at radius 1 is 1.20 bits per heavy atom. The molecular weight excluding hydrogens is 384 g/mol. The maximum Gasteiger partial charge on any atom is 0.124 e. The first-order valence-corrected chi connectivity index (χ1v) is 11.2. The van der Waals surface area contributed by atoms with Gasteiger partial charge in [-0.05, 0) is 56.8 Å². The largest absolute Gasteiger partial charge is 0.497 e. The molecule has 0 bridgehead atoms. The highest BCUT2D eigenvalue weighted by molar-refractivity contribution is 5.40.